The number of piperidine rings is 1. The summed E-state index contributed by atoms with van der Waals surface area (Å²) >= 11 is 0. The van der Waals surface area contributed by atoms with Crippen LogP contribution in [0, 0.1) is 11.3 Å². The average Bonchev–Trinajstić information content (AvgIpc) is 2.53. The van der Waals surface area contributed by atoms with E-state index in [1.807, 2.05) is 12.1 Å². The van der Waals surface area contributed by atoms with Crippen molar-refractivity contribution in [3.05, 3.63) is 23.8 Å². The zero-order valence-electron chi connectivity index (χ0n) is 11.5. The molecule has 5 nitrogen and oxygen atoms in total. The molecular weight excluding hydrogens is 254 g/mol. The van der Waals surface area contributed by atoms with Crippen LogP contribution in [-0.2, 0) is 0 Å². The van der Waals surface area contributed by atoms with Crippen molar-refractivity contribution >= 4 is 11.4 Å². The quantitative estimate of drug-likeness (QED) is 0.755. The van der Waals surface area contributed by atoms with Crippen molar-refractivity contribution in [1.29, 1.82) is 5.26 Å². The molecule has 1 aliphatic heterocycles. The molecule has 1 fully saturated rings. The van der Waals surface area contributed by atoms with E-state index in [0.29, 0.717) is 5.56 Å². The summed E-state index contributed by atoms with van der Waals surface area (Å²) in [6.45, 7) is 2.03. The van der Waals surface area contributed by atoms with Crippen molar-refractivity contribution < 1.29 is 10.2 Å². The number of rotatable bonds is 5. The molecule has 1 aliphatic rings. The average molecular weight is 275 g/mol. The molecule has 108 valence electrons. The van der Waals surface area contributed by atoms with E-state index in [2.05, 4.69) is 16.3 Å². The molecule has 0 radical (unpaired) electrons. The largest absolute Gasteiger partial charge is 0.394 e. The second kappa shape index (κ2) is 7.13. The van der Waals surface area contributed by atoms with Gasteiger partial charge in [-0.1, -0.05) is 0 Å². The third-order valence-corrected chi connectivity index (χ3v) is 3.56. The van der Waals surface area contributed by atoms with E-state index in [-0.39, 0.29) is 13.2 Å². The van der Waals surface area contributed by atoms with E-state index in [0.717, 1.165) is 24.5 Å². The molecule has 1 atom stereocenters. The van der Waals surface area contributed by atoms with Gasteiger partial charge in [0.1, 0.15) is 0 Å². The van der Waals surface area contributed by atoms with E-state index < -0.39 is 6.10 Å². The molecule has 0 saturated carbocycles. The van der Waals surface area contributed by atoms with Gasteiger partial charge < -0.3 is 20.4 Å². The first-order valence-electron chi connectivity index (χ1n) is 7.06. The fraction of sp³-hybridized carbons (Fsp3) is 0.533. The molecule has 1 heterocycles. The van der Waals surface area contributed by atoms with E-state index in [1.165, 1.54) is 19.3 Å². The minimum absolute atomic E-state index is 0.270. The highest BCUT2D eigenvalue weighted by Gasteiger charge is 2.15. The van der Waals surface area contributed by atoms with Gasteiger partial charge in [0, 0.05) is 19.6 Å². The van der Waals surface area contributed by atoms with Gasteiger partial charge >= 0.3 is 0 Å². The number of hydrogen-bond acceptors (Lipinski definition) is 5. The lowest BCUT2D eigenvalue weighted by Crippen LogP contribution is -2.31. The highest BCUT2D eigenvalue weighted by Crippen LogP contribution is 2.29. The molecule has 1 saturated heterocycles. The molecule has 0 spiro atoms. The van der Waals surface area contributed by atoms with E-state index in [1.54, 1.807) is 6.07 Å². The maximum Gasteiger partial charge on any atom is 0.0992 e. The van der Waals surface area contributed by atoms with Gasteiger partial charge in [0.15, 0.2) is 0 Å². The number of benzene rings is 1. The molecular formula is C15H21N3O2. The fourth-order valence-corrected chi connectivity index (χ4v) is 2.45. The van der Waals surface area contributed by atoms with Gasteiger partial charge in [-0.3, -0.25) is 0 Å². The minimum Gasteiger partial charge on any atom is -0.394 e. The Kier molecular flexibility index (Phi) is 5.22. The lowest BCUT2D eigenvalue weighted by molar-refractivity contribution is 0.105. The summed E-state index contributed by atoms with van der Waals surface area (Å²) < 4.78 is 0. The topological polar surface area (TPSA) is 79.5 Å². The Bertz CT molecular complexity index is 478. The van der Waals surface area contributed by atoms with Crippen LogP contribution >= 0.6 is 0 Å². The first-order valence-corrected chi connectivity index (χ1v) is 7.06. The Hall–Kier alpha value is -1.77. The van der Waals surface area contributed by atoms with Gasteiger partial charge in [0.05, 0.1) is 35.7 Å². The number of aliphatic hydroxyl groups excluding tert-OH is 2. The molecule has 1 unspecified atom stereocenters. The number of nitriles is 1. The summed E-state index contributed by atoms with van der Waals surface area (Å²) in [6.07, 6.45) is 2.82. The van der Waals surface area contributed by atoms with E-state index in [4.69, 9.17) is 10.4 Å². The summed E-state index contributed by atoms with van der Waals surface area (Å²) in [6, 6.07) is 7.70. The summed E-state index contributed by atoms with van der Waals surface area (Å²) in [5.74, 6) is 0. The maximum atomic E-state index is 9.46. The fourth-order valence-electron chi connectivity index (χ4n) is 2.45. The molecule has 0 aromatic heterocycles. The monoisotopic (exact) mass is 275 g/mol. The maximum absolute atomic E-state index is 9.46. The standard InChI is InChI=1S/C15H21N3O2/c16-9-12-4-5-15(18-6-2-1-3-7-18)14(8-12)17-10-13(20)11-19/h4-5,8,13,17,19-20H,1-3,6-7,10-11H2. The molecule has 0 bridgehead atoms. The highest BCUT2D eigenvalue weighted by molar-refractivity contribution is 5.72. The Morgan fingerprint density at radius 1 is 1.30 bits per heavy atom. The summed E-state index contributed by atoms with van der Waals surface area (Å²) in [7, 11) is 0. The van der Waals surface area contributed by atoms with Crippen LogP contribution in [0.2, 0.25) is 0 Å². The van der Waals surface area contributed by atoms with Gasteiger partial charge in [0.25, 0.3) is 0 Å². The summed E-state index contributed by atoms with van der Waals surface area (Å²) in [5.41, 5.74) is 2.50. The summed E-state index contributed by atoms with van der Waals surface area (Å²) in [5, 5.41) is 30.5. The van der Waals surface area contributed by atoms with Crippen molar-refractivity contribution in [3.63, 3.8) is 0 Å². The van der Waals surface area contributed by atoms with Crippen LogP contribution in [0.4, 0.5) is 11.4 Å². The normalized spacial score (nSPS) is 16.6. The SMILES string of the molecule is N#Cc1ccc(N2CCCCC2)c(NCC(O)CO)c1. The molecule has 1 aromatic rings. The Labute approximate surface area is 119 Å². The first kappa shape index (κ1) is 14.6. The second-order valence-corrected chi connectivity index (χ2v) is 5.11. The highest BCUT2D eigenvalue weighted by atomic mass is 16.3. The van der Waals surface area contributed by atoms with Crippen molar-refractivity contribution in [1.82, 2.24) is 0 Å². The third kappa shape index (κ3) is 3.62. The van der Waals surface area contributed by atoms with Gasteiger partial charge in [-0.15, -0.1) is 0 Å². The lowest BCUT2D eigenvalue weighted by Gasteiger charge is -2.31. The second-order valence-electron chi connectivity index (χ2n) is 5.11. The third-order valence-electron chi connectivity index (χ3n) is 3.56. The van der Waals surface area contributed by atoms with Crippen LogP contribution in [-0.4, -0.2) is 42.6 Å². The van der Waals surface area contributed by atoms with Crippen molar-refractivity contribution in [3.8, 4) is 6.07 Å². The number of aliphatic hydroxyl groups is 2. The van der Waals surface area contributed by atoms with Crippen LogP contribution in [0.15, 0.2) is 18.2 Å². The zero-order valence-corrected chi connectivity index (χ0v) is 11.5. The Morgan fingerprint density at radius 3 is 2.70 bits per heavy atom. The van der Waals surface area contributed by atoms with Crippen molar-refractivity contribution in [2.75, 3.05) is 36.5 Å². The Morgan fingerprint density at radius 2 is 2.05 bits per heavy atom. The predicted molar refractivity (Wildman–Crippen MR) is 78.8 cm³/mol. The smallest absolute Gasteiger partial charge is 0.0992 e. The van der Waals surface area contributed by atoms with E-state index in [9.17, 15) is 5.11 Å². The van der Waals surface area contributed by atoms with Gasteiger partial charge in [0.2, 0.25) is 0 Å². The van der Waals surface area contributed by atoms with Crippen molar-refractivity contribution in [2.24, 2.45) is 0 Å². The summed E-state index contributed by atoms with van der Waals surface area (Å²) in [4.78, 5) is 2.30. The van der Waals surface area contributed by atoms with Gasteiger partial charge in [-0.05, 0) is 37.5 Å². The Balaban J connectivity index is 2.18. The number of nitrogens with one attached hydrogen (secondary N) is 1. The van der Waals surface area contributed by atoms with Crippen LogP contribution < -0.4 is 10.2 Å². The van der Waals surface area contributed by atoms with Crippen LogP contribution in [0.3, 0.4) is 0 Å². The molecule has 0 amide bonds. The molecule has 20 heavy (non-hydrogen) atoms. The van der Waals surface area contributed by atoms with E-state index >= 15 is 0 Å². The zero-order chi connectivity index (χ0) is 14.4. The first-order chi connectivity index (χ1) is 9.74. The molecule has 0 aliphatic carbocycles. The van der Waals surface area contributed by atoms with Gasteiger partial charge in [-0.25, -0.2) is 0 Å². The minimum atomic E-state index is -0.796. The lowest BCUT2D eigenvalue weighted by atomic mass is 10.1. The van der Waals surface area contributed by atoms with Crippen LogP contribution in [0.5, 0.6) is 0 Å². The predicted octanol–water partition coefficient (Wildman–Crippen LogP) is 1.31. The van der Waals surface area contributed by atoms with Crippen molar-refractivity contribution in [2.45, 2.75) is 25.4 Å². The molecule has 2 rings (SSSR count). The van der Waals surface area contributed by atoms with Crippen LogP contribution in [0.1, 0.15) is 24.8 Å². The molecule has 5 heteroatoms. The number of nitrogens with zero attached hydrogens (tertiary/aromatic N) is 2. The number of hydrogen-bond donors (Lipinski definition) is 3. The molecule has 1 aromatic carbocycles. The van der Waals surface area contributed by atoms with Gasteiger partial charge in [-0.2, -0.15) is 5.26 Å². The van der Waals surface area contributed by atoms with Crippen LogP contribution in [0.25, 0.3) is 0 Å². The molecule has 3 N–H and O–H groups in total. The number of anilines is 2.